The lowest BCUT2D eigenvalue weighted by molar-refractivity contribution is -0.0422. The van der Waals surface area contributed by atoms with E-state index in [0.717, 1.165) is 0 Å². The summed E-state index contributed by atoms with van der Waals surface area (Å²) in [6.45, 7) is 0. The zero-order valence-electron chi connectivity index (χ0n) is 8.47. The Balaban J connectivity index is 2.36. The van der Waals surface area contributed by atoms with Crippen LogP contribution in [0.25, 0.3) is 0 Å². The van der Waals surface area contributed by atoms with E-state index in [1.54, 1.807) is 12.1 Å². The van der Waals surface area contributed by atoms with Crippen molar-refractivity contribution in [2.24, 2.45) is 5.73 Å². The number of hydrogen-bond donors (Lipinski definition) is 1. The highest BCUT2D eigenvalue weighted by Crippen LogP contribution is 2.51. The van der Waals surface area contributed by atoms with Gasteiger partial charge in [-0.05, 0) is 25.0 Å². The molecule has 1 aromatic carbocycles. The molecule has 0 unspecified atom stereocenters. The summed E-state index contributed by atoms with van der Waals surface area (Å²) in [5, 5.41) is 0. The minimum atomic E-state index is -2.97. The maximum atomic E-state index is 13.9. The monoisotopic (exact) mass is 213 g/mol. The summed E-state index contributed by atoms with van der Waals surface area (Å²) in [4.78, 5) is 0. The third-order valence-electron chi connectivity index (χ3n) is 2.85. The molecule has 1 aliphatic rings. The summed E-state index contributed by atoms with van der Waals surface area (Å²) in [5.41, 5.74) is 4.14. The summed E-state index contributed by atoms with van der Waals surface area (Å²) < 4.78 is 32.6. The van der Waals surface area contributed by atoms with Gasteiger partial charge in [0, 0.05) is 5.56 Å². The van der Waals surface area contributed by atoms with Crippen LogP contribution in [-0.4, -0.2) is 12.6 Å². The molecule has 1 aromatic rings. The van der Waals surface area contributed by atoms with Gasteiger partial charge in [0.2, 0.25) is 0 Å². The van der Waals surface area contributed by atoms with Crippen molar-refractivity contribution in [1.82, 2.24) is 0 Å². The first-order valence-electron chi connectivity index (χ1n) is 4.81. The number of alkyl halides is 2. The van der Waals surface area contributed by atoms with Crippen LogP contribution in [0.3, 0.4) is 0 Å². The van der Waals surface area contributed by atoms with E-state index >= 15 is 0 Å². The van der Waals surface area contributed by atoms with E-state index in [1.165, 1.54) is 19.2 Å². The van der Waals surface area contributed by atoms with E-state index < -0.39 is 11.5 Å². The van der Waals surface area contributed by atoms with Crippen LogP contribution in [0.1, 0.15) is 18.4 Å². The van der Waals surface area contributed by atoms with Crippen LogP contribution in [0.4, 0.5) is 8.78 Å². The van der Waals surface area contributed by atoms with Gasteiger partial charge in [-0.3, -0.25) is 0 Å². The smallest absolute Gasteiger partial charge is 0.290 e. The second-order valence-electron chi connectivity index (χ2n) is 3.96. The van der Waals surface area contributed by atoms with Crippen molar-refractivity contribution < 1.29 is 13.5 Å². The Bertz CT molecular complexity index is 375. The van der Waals surface area contributed by atoms with Gasteiger partial charge < -0.3 is 10.5 Å². The topological polar surface area (TPSA) is 35.2 Å². The van der Waals surface area contributed by atoms with E-state index in [0.29, 0.717) is 18.6 Å². The molecular weight excluding hydrogens is 200 g/mol. The molecule has 1 aliphatic carbocycles. The molecule has 0 spiro atoms. The van der Waals surface area contributed by atoms with Crippen molar-refractivity contribution in [2.75, 3.05) is 7.11 Å². The van der Waals surface area contributed by atoms with E-state index in [-0.39, 0.29) is 5.56 Å². The molecule has 1 saturated carbocycles. The van der Waals surface area contributed by atoms with Crippen LogP contribution in [0.5, 0.6) is 5.75 Å². The number of hydrogen-bond acceptors (Lipinski definition) is 2. The van der Waals surface area contributed by atoms with Gasteiger partial charge in [0.25, 0.3) is 5.92 Å². The Morgan fingerprint density at radius 1 is 1.40 bits per heavy atom. The van der Waals surface area contributed by atoms with Crippen LogP contribution >= 0.6 is 0 Å². The highest BCUT2D eigenvalue weighted by atomic mass is 19.3. The Morgan fingerprint density at radius 3 is 2.60 bits per heavy atom. The first-order chi connectivity index (χ1) is 6.99. The summed E-state index contributed by atoms with van der Waals surface area (Å²) in [5.74, 6) is -2.54. The Morgan fingerprint density at radius 2 is 2.07 bits per heavy atom. The molecule has 4 heteroatoms. The first kappa shape index (κ1) is 10.4. The number of nitrogens with two attached hydrogens (primary N) is 1. The molecule has 0 heterocycles. The predicted molar refractivity (Wildman–Crippen MR) is 53.0 cm³/mol. The van der Waals surface area contributed by atoms with Crippen molar-refractivity contribution in [1.29, 1.82) is 0 Å². The highest BCUT2D eigenvalue weighted by molar-refractivity contribution is 5.35. The first-order valence-corrected chi connectivity index (χ1v) is 4.81. The highest BCUT2D eigenvalue weighted by Gasteiger charge is 2.60. The molecule has 2 nitrogen and oxygen atoms in total. The van der Waals surface area contributed by atoms with E-state index in [1.807, 2.05) is 0 Å². The number of ether oxygens (including phenoxy) is 1. The normalized spacial score (nSPS) is 18.7. The largest absolute Gasteiger partial charge is 0.497 e. The number of halogens is 2. The van der Waals surface area contributed by atoms with Gasteiger partial charge in [-0.25, -0.2) is 0 Å². The molecule has 0 bridgehead atoms. The van der Waals surface area contributed by atoms with Crippen LogP contribution in [0.15, 0.2) is 24.3 Å². The fourth-order valence-corrected chi connectivity index (χ4v) is 1.55. The Hall–Kier alpha value is -1.16. The molecule has 2 rings (SSSR count). The van der Waals surface area contributed by atoms with Gasteiger partial charge in [-0.1, -0.05) is 12.1 Å². The zero-order chi connectivity index (χ0) is 11.1. The van der Waals surface area contributed by atoms with Crippen LogP contribution < -0.4 is 10.5 Å². The zero-order valence-corrected chi connectivity index (χ0v) is 8.47. The van der Waals surface area contributed by atoms with Gasteiger partial charge in [0.15, 0.2) is 0 Å². The third-order valence-corrected chi connectivity index (χ3v) is 2.85. The van der Waals surface area contributed by atoms with Crippen LogP contribution in [0, 0.1) is 0 Å². The lowest BCUT2D eigenvalue weighted by Gasteiger charge is -2.23. The lowest BCUT2D eigenvalue weighted by Crippen LogP contribution is -2.41. The number of rotatable bonds is 3. The maximum absolute atomic E-state index is 13.9. The van der Waals surface area contributed by atoms with E-state index in [4.69, 9.17) is 10.5 Å². The molecule has 0 radical (unpaired) electrons. The summed E-state index contributed by atoms with van der Waals surface area (Å²) in [6, 6.07) is 5.91. The van der Waals surface area contributed by atoms with Crippen LogP contribution in [-0.2, 0) is 5.92 Å². The standard InChI is InChI=1S/C11H13F2NO/c1-15-9-4-2-3-8(7-9)11(12,13)10(14)5-6-10/h2-4,7H,5-6,14H2,1H3. The SMILES string of the molecule is COc1cccc(C(F)(F)C2(N)CC2)c1. The minimum absolute atomic E-state index is 0.0677. The maximum Gasteiger partial charge on any atom is 0.290 e. The van der Waals surface area contributed by atoms with Gasteiger partial charge in [-0.15, -0.1) is 0 Å². The fourth-order valence-electron chi connectivity index (χ4n) is 1.55. The van der Waals surface area contributed by atoms with Gasteiger partial charge in [0.1, 0.15) is 5.75 Å². The average Bonchev–Trinajstić information content (AvgIpc) is 2.98. The van der Waals surface area contributed by atoms with Gasteiger partial charge in [-0.2, -0.15) is 8.78 Å². The summed E-state index contributed by atoms with van der Waals surface area (Å²) in [7, 11) is 1.45. The summed E-state index contributed by atoms with van der Waals surface area (Å²) >= 11 is 0. The molecule has 15 heavy (non-hydrogen) atoms. The molecule has 82 valence electrons. The van der Waals surface area contributed by atoms with Crippen molar-refractivity contribution in [3.8, 4) is 5.75 Å². The third kappa shape index (κ3) is 1.59. The lowest BCUT2D eigenvalue weighted by atomic mass is 9.99. The quantitative estimate of drug-likeness (QED) is 0.836. The summed E-state index contributed by atoms with van der Waals surface area (Å²) in [6.07, 6.45) is 0.744. The van der Waals surface area contributed by atoms with E-state index in [2.05, 4.69) is 0 Å². The Labute approximate surface area is 87.0 Å². The van der Waals surface area contributed by atoms with Gasteiger partial charge >= 0.3 is 0 Å². The predicted octanol–water partition coefficient (Wildman–Crippen LogP) is 2.28. The second kappa shape index (κ2) is 3.17. The molecule has 0 saturated heterocycles. The number of methoxy groups -OCH3 is 1. The van der Waals surface area contributed by atoms with Crippen molar-refractivity contribution in [2.45, 2.75) is 24.3 Å². The van der Waals surface area contributed by atoms with Crippen molar-refractivity contribution in [3.63, 3.8) is 0 Å². The molecule has 0 atom stereocenters. The molecule has 2 N–H and O–H groups in total. The van der Waals surface area contributed by atoms with Crippen LogP contribution in [0.2, 0.25) is 0 Å². The molecule has 1 fully saturated rings. The molecular formula is C11H13F2NO. The molecule has 0 aromatic heterocycles. The Kier molecular flexibility index (Phi) is 2.19. The molecule has 0 amide bonds. The minimum Gasteiger partial charge on any atom is -0.497 e. The van der Waals surface area contributed by atoms with Crippen molar-refractivity contribution >= 4 is 0 Å². The fraction of sp³-hybridized carbons (Fsp3) is 0.455. The average molecular weight is 213 g/mol. The van der Waals surface area contributed by atoms with E-state index in [9.17, 15) is 8.78 Å². The number of benzene rings is 1. The second-order valence-corrected chi connectivity index (χ2v) is 3.96. The molecule has 0 aliphatic heterocycles. The van der Waals surface area contributed by atoms with Gasteiger partial charge in [0.05, 0.1) is 12.6 Å². The van der Waals surface area contributed by atoms with Crippen molar-refractivity contribution in [3.05, 3.63) is 29.8 Å².